The molecule has 2 aromatic rings. The molecule has 2 rings (SSSR count). The summed E-state index contributed by atoms with van der Waals surface area (Å²) in [7, 11) is -3.79. The highest BCUT2D eigenvalue weighted by molar-refractivity contribution is 7.89. The Bertz CT molecular complexity index is 928. The number of sulfonamides is 1. The average Bonchev–Trinajstić information content (AvgIpc) is 2.69. The molecule has 0 bridgehead atoms. The summed E-state index contributed by atoms with van der Waals surface area (Å²) in [6.45, 7) is 6.20. The van der Waals surface area contributed by atoms with Crippen LogP contribution in [0.4, 0.5) is 5.69 Å². The molecule has 0 aromatic heterocycles. The van der Waals surface area contributed by atoms with E-state index in [0.29, 0.717) is 31.1 Å². The second-order valence-electron chi connectivity index (χ2n) is 5.97. The number of benzene rings is 2. The van der Waals surface area contributed by atoms with Gasteiger partial charge in [-0.15, -0.1) is 0 Å². The van der Waals surface area contributed by atoms with Crippen LogP contribution in [0.2, 0.25) is 5.02 Å². The molecular weight excluding hydrogens is 416 g/mol. The number of amides is 1. The normalized spacial score (nSPS) is 11.3. The van der Waals surface area contributed by atoms with E-state index in [0.717, 1.165) is 0 Å². The fourth-order valence-corrected chi connectivity index (χ4v) is 4.50. The van der Waals surface area contributed by atoms with E-state index in [1.54, 1.807) is 38.1 Å². The van der Waals surface area contributed by atoms with Gasteiger partial charge in [-0.05, 0) is 49.4 Å². The first kappa shape index (κ1) is 23.0. The fourth-order valence-electron chi connectivity index (χ4n) is 2.65. The smallest absolute Gasteiger partial charge is 0.262 e. The topological polar surface area (TPSA) is 84.9 Å². The van der Waals surface area contributed by atoms with Crippen LogP contribution < -0.4 is 14.8 Å². The van der Waals surface area contributed by atoms with Crippen LogP contribution >= 0.6 is 11.6 Å². The Kier molecular flexibility index (Phi) is 8.31. The van der Waals surface area contributed by atoms with Crippen LogP contribution in [0.5, 0.6) is 11.5 Å². The third kappa shape index (κ3) is 6.09. The Balaban J connectivity index is 2.11. The Morgan fingerprint density at radius 1 is 1.03 bits per heavy atom. The van der Waals surface area contributed by atoms with Gasteiger partial charge in [0.05, 0.1) is 6.61 Å². The van der Waals surface area contributed by atoms with Crippen molar-refractivity contribution in [1.29, 1.82) is 0 Å². The second kappa shape index (κ2) is 10.5. The maximum Gasteiger partial charge on any atom is 0.262 e. The lowest BCUT2D eigenvalue weighted by molar-refractivity contribution is -0.118. The molecule has 0 unspecified atom stereocenters. The van der Waals surface area contributed by atoms with E-state index in [1.165, 1.54) is 22.5 Å². The van der Waals surface area contributed by atoms with Crippen molar-refractivity contribution in [3.05, 3.63) is 47.5 Å². The zero-order valence-electron chi connectivity index (χ0n) is 16.6. The Hall–Kier alpha value is -2.29. The Morgan fingerprint density at radius 2 is 1.69 bits per heavy atom. The summed E-state index contributed by atoms with van der Waals surface area (Å²) in [4.78, 5) is 12.2. The van der Waals surface area contributed by atoms with Gasteiger partial charge >= 0.3 is 0 Å². The maximum absolute atomic E-state index is 12.9. The van der Waals surface area contributed by atoms with E-state index in [1.807, 2.05) is 6.92 Å². The minimum Gasteiger partial charge on any atom is -0.494 e. The zero-order chi connectivity index (χ0) is 21.4. The van der Waals surface area contributed by atoms with E-state index in [-0.39, 0.29) is 22.3 Å². The van der Waals surface area contributed by atoms with Gasteiger partial charge < -0.3 is 14.8 Å². The van der Waals surface area contributed by atoms with Crippen molar-refractivity contribution < 1.29 is 22.7 Å². The summed E-state index contributed by atoms with van der Waals surface area (Å²) in [5.74, 6) is 0.354. The number of carbonyl (C=O) groups is 1. The van der Waals surface area contributed by atoms with Gasteiger partial charge in [0, 0.05) is 23.8 Å². The van der Waals surface area contributed by atoms with Crippen molar-refractivity contribution >= 4 is 33.2 Å². The fraction of sp³-hybridized carbons (Fsp3) is 0.350. The number of nitrogens with zero attached hydrogens (tertiary/aromatic N) is 1. The highest BCUT2D eigenvalue weighted by Gasteiger charge is 2.26. The van der Waals surface area contributed by atoms with Gasteiger partial charge in [0.1, 0.15) is 16.4 Å². The highest BCUT2D eigenvalue weighted by Crippen LogP contribution is 2.30. The quantitative estimate of drug-likeness (QED) is 0.607. The van der Waals surface area contributed by atoms with Gasteiger partial charge in [-0.2, -0.15) is 4.31 Å². The molecule has 7 nitrogen and oxygen atoms in total. The monoisotopic (exact) mass is 440 g/mol. The molecule has 0 radical (unpaired) electrons. The summed E-state index contributed by atoms with van der Waals surface area (Å²) in [6.07, 6.45) is 0. The van der Waals surface area contributed by atoms with Crippen LogP contribution in [0.25, 0.3) is 0 Å². The van der Waals surface area contributed by atoms with E-state index < -0.39 is 15.9 Å². The second-order valence-corrected chi connectivity index (χ2v) is 8.32. The predicted octanol–water partition coefficient (Wildman–Crippen LogP) is 3.79. The van der Waals surface area contributed by atoms with Crippen molar-refractivity contribution in [3.8, 4) is 11.5 Å². The van der Waals surface area contributed by atoms with Gasteiger partial charge in [0.15, 0.2) is 6.61 Å². The van der Waals surface area contributed by atoms with Gasteiger partial charge in [-0.25, -0.2) is 8.42 Å². The van der Waals surface area contributed by atoms with Crippen molar-refractivity contribution in [3.63, 3.8) is 0 Å². The van der Waals surface area contributed by atoms with Crippen LogP contribution in [0.15, 0.2) is 47.4 Å². The van der Waals surface area contributed by atoms with E-state index >= 15 is 0 Å². The van der Waals surface area contributed by atoms with E-state index in [4.69, 9.17) is 21.1 Å². The molecule has 0 spiro atoms. The summed E-state index contributed by atoms with van der Waals surface area (Å²) in [5, 5.41) is 2.96. The molecule has 0 saturated carbocycles. The molecule has 1 N–H and O–H groups in total. The van der Waals surface area contributed by atoms with Crippen LogP contribution in [-0.4, -0.2) is 44.9 Å². The van der Waals surface area contributed by atoms with Gasteiger partial charge in [-0.1, -0.05) is 25.4 Å². The van der Waals surface area contributed by atoms with Gasteiger partial charge in [0.25, 0.3) is 5.91 Å². The minimum atomic E-state index is -3.79. The van der Waals surface area contributed by atoms with Gasteiger partial charge in [-0.3, -0.25) is 4.79 Å². The summed E-state index contributed by atoms with van der Waals surface area (Å²) >= 11 is 5.99. The molecule has 0 saturated heterocycles. The summed E-state index contributed by atoms with van der Waals surface area (Å²) in [5.41, 5.74) is 0.578. The minimum absolute atomic E-state index is 0.0671. The number of anilines is 1. The van der Waals surface area contributed by atoms with Gasteiger partial charge in [0.2, 0.25) is 10.0 Å². The zero-order valence-corrected chi connectivity index (χ0v) is 18.2. The SMILES string of the molecule is CCOc1ccc(NC(=O)COc2ccc(Cl)cc2S(=O)(=O)N(CC)CC)cc1. The lowest BCUT2D eigenvalue weighted by atomic mass is 10.3. The van der Waals surface area contributed by atoms with Crippen LogP contribution in [0.1, 0.15) is 20.8 Å². The number of halogens is 1. The highest BCUT2D eigenvalue weighted by atomic mass is 35.5. The third-order valence-electron chi connectivity index (χ3n) is 4.04. The molecular formula is C20H25ClN2O5S. The van der Waals surface area contributed by atoms with Crippen LogP contribution in [0.3, 0.4) is 0 Å². The molecule has 2 aromatic carbocycles. The molecule has 0 heterocycles. The number of rotatable bonds is 10. The van der Waals surface area contributed by atoms with Crippen LogP contribution in [-0.2, 0) is 14.8 Å². The first-order chi connectivity index (χ1) is 13.8. The maximum atomic E-state index is 12.9. The number of hydrogen-bond donors (Lipinski definition) is 1. The lowest BCUT2D eigenvalue weighted by Crippen LogP contribution is -2.31. The molecule has 0 aliphatic rings. The van der Waals surface area contributed by atoms with Crippen molar-refractivity contribution in [2.75, 3.05) is 31.6 Å². The molecule has 158 valence electrons. The molecule has 1 amide bonds. The predicted molar refractivity (Wildman–Crippen MR) is 113 cm³/mol. The third-order valence-corrected chi connectivity index (χ3v) is 6.34. The molecule has 29 heavy (non-hydrogen) atoms. The summed E-state index contributed by atoms with van der Waals surface area (Å²) < 4.78 is 37.9. The van der Waals surface area contributed by atoms with Crippen molar-refractivity contribution in [2.45, 2.75) is 25.7 Å². The molecule has 9 heteroatoms. The Labute approximate surface area is 176 Å². The Morgan fingerprint density at radius 3 is 2.28 bits per heavy atom. The average molecular weight is 441 g/mol. The number of nitrogens with one attached hydrogen (secondary N) is 1. The molecule has 0 aliphatic carbocycles. The first-order valence-corrected chi connectivity index (χ1v) is 11.1. The van der Waals surface area contributed by atoms with E-state index in [2.05, 4.69) is 5.32 Å². The van der Waals surface area contributed by atoms with E-state index in [9.17, 15) is 13.2 Å². The first-order valence-electron chi connectivity index (χ1n) is 9.27. The number of ether oxygens (including phenoxy) is 2. The van der Waals surface area contributed by atoms with Crippen LogP contribution in [0, 0.1) is 0 Å². The number of hydrogen-bond acceptors (Lipinski definition) is 5. The lowest BCUT2D eigenvalue weighted by Gasteiger charge is -2.20. The van der Waals surface area contributed by atoms with Crippen molar-refractivity contribution in [2.24, 2.45) is 0 Å². The largest absolute Gasteiger partial charge is 0.494 e. The standard InChI is InChI=1S/C20H25ClN2O5S/c1-4-23(5-2)29(25,26)19-13-15(21)7-12-18(19)28-14-20(24)22-16-8-10-17(11-9-16)27-6-3/h7-13H,4-6,14H2,1-3H3,(H,22,24). The molecule has 0 atom stereocenters. The summed E-state index contributed by atoms with van der Waals surface area (Å²) in [6, 6.07) is 11.2. The molecule has 0 fully saturated rings. The molecule has 0 aliphatic heterocycles. The number of carbonyl (C=O) groups excluding carboxylic acids is 1. The van der Waals surface area contributed by atoms with Crippen molar-refractivity contribution in [1.82, 2.24) is 4.31 Å².